The minimum absolute atomic E-state index is 0.0864. The molecule has 0 radical (unpaired) electrons. The second-order valence-electron chi connectivity index (χ2n) is 11.7. The van der Waals surface area contributed by atoms with Crippen molar-refractivity contribution >= 4 is 47.1 Å². The number of ether oxygens (including phenoxy) is 1. The number of anilines is 2. The Morgan fingerprint density at radius 2 is 1.41 bits per heavy atom. The van der Waals surface area contributed by atoms with Crippen LogP contribution in [-0.2, 0) is 36.8 Å². The van der Waals surface area contributed by atoms with Crippen LogP contribution in [0.15, 0.2) is 78.9 Å². The van der Waals surface area contributed by atoms with Crippen molar-refractivity contribution in [2.45, 2.75) is 57.7 Å². The van der Waals surface area contributed by atoms with E-state index in [9.17, 15) is 39.0 Å². The van der Waals surface area contributed by atoms with Gasteiger partial charge in [-0.1, -0.05) is 74.5 Å². The molecule has 3 aromatic carbocycles. The fraction of sp³-hybridized carbons (Fsp3) is 0.314. The van der Waals surface area contributed by atoms with Crippen molar-refractivity contribution in [3.63, 3.8) is 0 Å². The van der Waals surface area contributed by atoms with E-state index in [2.05, 4.69) is 16.0 Å². The lowest BCUT2D eigenvalue weighted by atomic mass is 9.98. The number of carbonyl (C=O) groups excluding carboxylic acids is 4. The van der Waals surface area contributed by atoms with E-state index in [1.165, 1.54) is 30.2 Å². The van der Waals surface area contributed by atoms with Crippen LogP contribution in [-0.4, -0.2) is 71.1 Å². The Morgan fingerprint density at radius 1 is 0.816 bits per heavy atom. The summed E-state index contributed by atoms with van der Waals surface area (Å²) >= 11 is 0. The molecule has 5 amide bonds. The van der Waals surface area contributed by atoms with E-state index in [0.29, 0.717) is 11.1 Å². The molecule has 0 fully saturated rings. The summed E-state index contributed by atoms with van der Waals surface area (Å²) < 4.78 is 5.42. The number of nitrogens with one attached hydrogen (secondary N) is 3. The van der Waals surface area contributed by atoms with Crippen molar-refractivity contribution in [3.8, 4) is 5.75 Å². The molecular weight excluding hydrogens is 634 g/mol. The number of methoxy groups -OCH3 is 1. The Balaban J connectivity index is 2.02. The van der Waals surface area contributed by atoms with Crippen molar-refractivity contribution in [2.75, 3.05) is 17.3 Å². The summed E-state index contributed by atoms with van der Waals surface area (Å²) in [7, 11) is 1.34. The van der Waals surface area contributed by atoms with Gasteiger partial charge in [-0.2, -0.15) is 0 Å². The Morgan fingerprint density at radius 3 is 1.94 bits per heavy atom. The van der Waals surface area contributed by atoms with Crippen molar-refractivity contribution in [3.05, 3.63) is 90.0 Å². The van der Waals surface area contributed by atoms with E-state index in [1.54, 1.807) is 60.7 Å². The van der Waals surface area contributed by atoms with Gasteiger partial charge >= 0.3 is 18.0 Å². The molecule has 0 aromatic heterocycles. The first-order chi connectivity index (χ1) is 23.3. The van der Waals surface area contributed by atoms with E-state index in [-0.39, 0.29) is 42.3 Å². The smallest absolute Gasteiger partial charge is 0.326 e. The summed E-state index contributed by atoms with van der Waals surface area (Å²) in [6.07, 6.45) is -0.979. The number of carboxylic acid groups (broad SMARTS) is 2. The Hall–Kier alpha value is -5.92. The molecule has 49 heavy (non-hydrogen) atoms. The van der Waals surface area contributed by atoms with Crippen molar-refractivity contribution in [2.24, 2.45) is 11.7 Å². The number of amides is 5. The summed E-state index contributed by atoms with van der Waals surface area (Å²) in [6.45, 7) is 3.64. The first-order valence-corrected chi connectivity index (χ1v) is 15.5. The molecule has 0 bridgehead atoms. The number of primary amides is 1. The number of hydrogen-bond donors (Lipinski definition) is 6. The van der Waals surface area contributed by atoms with Crippen molar-refractivity contribution in [1.82, 2.24) is 10.6 Å². The lowest BCUT2D eigenvalue weighted by Gasteiger charge is -2.33. The van der Waals surface area contributed by atoms with Crippen LogP contribution in [0.25, 0.3) is 0 Å². The number of nitrogens with zero attached hydrogens (tertiary/aromatic N) is 1. The van der Waals surface area contributed by atoms with Crippen molar-refractivity contribution < 1.29 is 43.7 Å². The molecule has 0 saturated heterocycles. The number of hydrogen-bond acceptors (Lipinski definition) is 7. The first kappa shape index (κ1) is 37.5. The summed E-state index contributed by atoms with van der Waals surface area (Å²) in [4.78, 5) is 78.3. The second kappa shape index (κ2) is 17.8. The normalized spacial score (nSPS) is 12.6. The first-order valence-electron chi connectivity index (χ1n) is 15.5. The Bertz CT molecular complexity index is 1630. The molecule has 3 atom stereocenters. The summed E-state index contributed by atoms with van der Waals surface area (Å²) in [5, 5.41) is 26.7. The molecule has 0 saturated carbocycles. The fourth-order valence-corrected chi connectivity index (χ4v) is 5.17. The zero-order valence-corrected chi connectivity index (χ0v) is 27.4. The van der Waals surface area contributed by atoms with Gasteiger partial charge < -0.3 is 36.6 Å². The number of aliphatic carboxylic acids is 2. The maximum Gasteiger partial charge on any atom is 0.326 e. The summed E-state index contributed by atoms with van der Waals surface area (Å²) in [6, 6.07) is 16.5. The fourth-order valence-electron chi connectivity index (χ4n) is 5.17. The predicted molar refractivity (Wildman–Crippen MR) is 181 cm³/mol. The lowest BCUT2D eigenvalue weighted by molar-refractivity contribution is -0.143. The zero-order valence-electron chi connectivity index (χ0n) is 27.4. The molecule has 7 N–H and O–H groups in total. The van der Waals surface area contributed by atoms with Gasteiger partial charge in [0.1, 0.15) is 23.9 Å². The highest BCUT2D eigenvalue weighted by Gasteiger charge is 2.36. The van der Waals surface area contributed by atoms with Gasteiger partial charge in [0.2, 0.25) is 17.7 Å². The highest BCUT2D eigenvalue weighted by atomic mass is 16.5. The minimum Gasteiger partial charge on any atom is -0.494 e. The van der Waals surface area contributed by atoms with Gasteiger partial charge in [0.15, 0.2) is 0 Å². The Labute approximate surface area is 283 Å². The molecule has 0 aliphatic rings. The van der Waals surface area contributed by atoms with Crippen LogP contribution in [0.5, 0.6) is 5.75 Å². The quantitative estimate of drug-likeness (QED) is 0.124. The van der Waals surface area contributed by atoms with Crippen LogP contribution >= 0.6 is 0 Å². The number of nitrogens with two attached hydrogens (primary N) is 1. The molecule has 3 rings (SSSR count). The van der Waals surface area contributed by atoms with Crippen LogP contribution < -0.4 is 31.3 Å². The largest absolute Gasteiger partial charge is 0.494 e. The van der Waals surface area contributed by atoms with Crippen LogP contribution in [0.3, 0.4) is 0 Å². The van der Waals surface area contributed by atoms with Crippen LogP contribution in [0.2, 0.25) is 0 Å². The third-order valence-corrected chi connectivity index (χ3v) is 7.41. The maximum atomic E-state index is 14.1. The van der Waals surface area contributed by atoms with Gasteiger partial charge in [0.25, 0.3) is 0 Å². The third-order valence-electron chi connectivity index (χ3n) is 7.41. The monoisotopic (exact) mass is 675 g/mol. The van der Waals surface area contributed by atoms with E-state index in [0.717, 1.165) is 0 Å². The highest BCUT2D eigenvalue weighted by molar-refractivity contribution is 6.03. The number of benzene rings is 3. The number of rotatable bonds is 17. The molecule has 14 nitrogen and oxygen atoms in total. The van der Waals surface area contributed by atoms with Gasteiger partial charge in [-0.05, 0) is 35.6 Å². The maximum absolute atomic E-state index is 14.1. The molecule has 0 heterocycles. The lowest BCUT2D eigenvalue weighted by Crippen LogP contribution is -2.57. The van der Waals surface area contributed by atoms with Crippen LogP contribution in [0.4, 0.5) is 16.2 Å². The van der Waals surface area contributed by atoms with Gasteiger partial charge in [-0.25, -0.2) is 9.59 Å². The van der Waals surface area contributed by atoms with Crippen molar-refractivity contribution in [1.29, 1.82) is 0 Å². The predicted octanol–water partition coefficient (Wildman–Crippen LogP) is 2.95. The van der Waals surface area contributed by atoms with E-state index < -0.39 is 60.2 Å². The van der Waals surface area contributed by atoms with E-state index in [4.69, 9.17) is 10.5 Å². The summed E-state index contributed by atoms with van der Waals surface area (Å²) in [5.74, 6) is -5.17. The van der Waals surface area contributed by atoms with Crippen LogP contribution in [0.1, 0.15) is 37.8 Å². The molecular formula is C35H41N5O9. The number of carboxylic acids is 2. The number of urea groups is 1. The van der Waals surface area contributed by atoms with Gasteiger partial charge in [-0.3, -0.25) is 24.1 Å². The van der Waals surface area contributed by atoms with E-state index >= 15 is 0 Å². The van der Waals surface area contributed by atoms with Gasteiger partial charge in [-0.15, -0.1) is 0 Å². The SMILES string of the molecule is COc1cc(N(C(=O)Cc2ccccc2)[C@@H](CC(C)C)C(=O)N[C@@H](CC(=O)O)C(=O)N[C@@H](Cc2ccccc2)C(=O)O)ccc1NC(N)=O. The molecule has 0 aliphatic heterocycles. The molecule has 0 aliphatic carbocycles. The van der Waals surface area contributed by atoms with E-state index in [1.807, 2.05) is 13.8 Å². The van der Waals surface area contributed by atoms with Gasteiger partial charge in [0, 0.05) is 18.2 Å². The summed E-state index contributed by atoms with van der Waals surface area (Å²) in [5.41, 5.74) is 6.97. The molecule has 14 heteroatoms. The molecule has 260 valence electrons. The second-order valence-corrected chi connectivity index (χ2v) is 11.7. The number of carbonyl (C=O) groups is 6. The standard InChI is InChI=1S/C35H41N5O9/c1-21(2)16-28(33(45)37-26(20-31(42)43)32(44)38-27(34(46)47)17-22-10-6-4-7-11-22)40(30(41)18-23-12-8-5-9-13-23)24-14-15-25(39-35(36)48)29(19-24)49-3/h4-15,19,21,26-28H,16-18,20H2,1-3H3,(H,37,45)(H,38,44)(H,42,43)(H,46,47)(H3,36,39,48)/t26-,27-,28-/m0/s1. The molecule has 0 spiro atoms. The van der Waals surface area contributed by atoms with Crippen LogP contribution in [0, 0.1) is 5.92 Å². The third kappa shape index (κ3) is 11.4. The topological polar surface area (TPSA) is 217 Å². The Kier molecular flexibility index (Phi) is 13.7. The average Bonchev–Trinajstić information content (AvgIpc) is 3.04. The zero-order chi connectivity index (χ0) is 36.1. The average molecular weight is 676 g/mol. The molecule has 0 unspecified atom stereocenters. The molecule has 3 aromatic rings. The minimum atomic E-state index is -1.68. The van der Waals surface area contributed by atoms with Gasteiger partial charge in [0.05, 0.1) is 25.6 Å². The highest BCUT2D eigenvalue weighted by Crippen LogP contribution is 2.32.